The highest BCUT2D eigenvalue weighted by Gasteiger charge is 2.30. The van der Waals surface area contributed by atoms with Gasteiger partial charge in [0.25, 0.3) is 0 Å². The van der Waals surface area contributed by atoms with Gasteiger partial charge in [-0.2, -0.15) is 0 Å². The van der Waals surface area contributed by atoms with Crippen LogP contribution in [-0.4, -0.2) is 18.9 Å². The highest BCUT2D eigenvalue weighted by Crippen LogP contribution is 2.23. The molecule has 0 saturated carbocycles. The highest BCUT2D eigenvalue weighted by atomic mass is 19.4. The normalized spacial score (nSPS) is 13.3. The lowest BCUT2D eigenvalue weighted by molar-refractivity contribution is -0.274. The Labute approximate surface area is 91.4 Å². The molecule has 0 heterocycles. The van der Waals surface area contributed by atoms with Gasteiger partial charge < -0.3 is 15.8 Å². The van der Waals surface area contributed by atoms with E-state index in [1.807, 2.05) is 0 Å². The van der Waals surface area contributed by atoms with Crippen molar-refractivity contribution in [3.8, 4) is 5.75 Å². The molecule has 16 heavy (non-hydrogen) atoms. The van der Waals surface area contributed by atoms with Gasteiger partial charge in [-0.05, 0) is 30.8 Å². The smallest absolute Gasteiger partial charge is 0.573 e. The second kappa shape index (κ2) is 5.07. The number of nitrogens with one attached hydrogen (secondary N) is 2. The number of hydrogen-bond acceptors (Lipinski definition) is 2. The minimum absolute atomic E-state index is 0.253. The zero-order valence-electron chi connectivity index (χ0n) is 8.64. The average molecular weight is 233 g/mol. The first-order chi connectivity index (χ1) is 7.37. The van der Waals surface area contributed by atoms with Crippen molar-refractivity contribution in [2.45, 2.75) is 19.3 Å². The van der Waals surface area contributed by atoms with Gasteiger partial charge in [0.2, 0.25) is 0 Å². The Hall–Kier alpha value is -1.43. The molecule has 0 bridgehead atoms. The molecule has 3 nitrogen and oxygen atoms in total. The van der Waals surface area contributed by atoms with Gasteiger partial charge in [0.05, 0.1) is 0 Å². The van der Waals surface area contributed by atoms with Crippen molar-refractivity contribution in [2.75, 3.05) is 11.9 Å². The SMILES string of the molecule is CC([NH-])CNc1ccc(OC(F)(F)F)cc1. The van der Waals surface area contributed by atoms with Gasteiger partial charge in [-0.3, -0.25) is 0 Å². The molecule has 0 aromatic heterocycles. The van der Waals surface area contributed by atoms with Crippen LogP contribution in [0.4, 0.5) is 18.9 Å². The summed E-state index contributed by atoms with van der Waals surface area (Å²) >= 11 is 0. The number of anilines is 1. The quantitative estimate of drug-likeness (QED) is 0.865. The van der Waals surface area contributed by atoms with E-state index in [0.717, 1.165) is 0 Å². The Morgan fingerprint density at radius 3 is 2.31 bits per heavy atom. The topological polar surface area (TPSA) is 45.1 Å². The zero-order chi connectivity index (χ0) is 12.2. The van der Waals surface area contributed by atoms with Crippen LogP contribution in [0.1, 0.15) is 6.92 Å². The maximum atomic E-state index is 11.8. The fourth-order valence-corrected chi connectivity index (χ4v) is 1.05. The van der Waals surface area contributed by atoms with Crippen LogP contribution in [0, 0.1) is 0 Å². The van der Waals surface area contributed by atoms with Crippen LogP contribution in [0.15, 0.2) is 24.3 Å². The number of rotatable bonds is 4. The van der Waals surface area contributed by atoms with Gasteiger partial charge >= 0.3 is 6.36 Å². The number of halogens is 3. The first-order valence-corrected chi connectivity index (χ1v) is 4.67. The molecular weight excluding hydrogens is 221 g/mol. The zero-order valence-corrected chi connectivity index (χ0v) is 8.64. The van der Waals surface area contributed by atoms with E-state index in [-0.39, 0.29) is 11.8 Å². The van der Waals surface area contributed by atoms with E-state index in [1.165, 1.54) is 24.3 Å². The lowest BCUT2D eigenvalue weighted by Crippen LogP contribution is -2.17. The van der Waals surface area contributed by atoms with Crippen LogP contribution in [0.25, 0.3) is 5.73 Å². The molecule has 0 fully saturated rings. The molecule has 90 valence electrons. The van der Waals surface area contributed by atoms with Gasteiger partial charge in [0.1, 0.15) is 5.75 Å². The molecule has 0 spiro atoms. The summed E-state index contributed by atoms with van der Waals surface area (Å²) in [5, 5.41) is 2.91. The molecule has 1 rings (SSSR count). The largest absolute Gasteiger partial charge is 0.673 e. The molecule has 1 atom stereocenters. The van der Waals surface area contributed by atoms with Gasteiger partial charge in [-0.1, -0.05) is 6.92 Å². The summed E-state index contributed by atoms with van der Waals surface area (Å²) in [5.41, 5.74) is 7.91. The Kier molecular flexibility index (Phi) is 4.00. The minimum atomic E-state index is -4.66. The van der Waals surface area contributed by atoms with Crippen molar-refractivity contribution in [1.82, 2.24) is 0 Å². The van der Waals surface area contributed by atoms with E-state index >= 15 is 0 Å². The maximum absolute atomic E-state index is 11.8. The van der Waals surface area contributed by atoms with Crippen molar-refractivity contribution in [2.24, 2.45) is 0 Å². The second-order valence-corrected chi connectivity index (χ2v) is 3.35. The molecule has 0 aliphatic carbocycles. The number of benzene rings is 1. The Morgan fingerprint density at radius 2 is 1.88 bits per heavy atom. The summed E-state index contributed by atoms with van der Waals surface area (Å²) in [6.07, 6.45) is -4.66. The highest BCUT2D eigenvalue weighted by molar-refractivity contribution is 5.46. The van der Waals surface area contributed by atoms with E-state index in [0.29, 0.717) is 12.2 Å². The average Bonchev–Trinajstić information content (AvgIpc) is 2.14. The summed E-state index contributed by atoms with van der Waals surface area (Å²) < 4.78 is 39.2. The van der Waals surface area contributed by atoms with Crippen LogP contribution in [0.2, 0.25) is 0 Å². The lowest BCUT2D eigenvalue weighted by atomic mass is 10.3. The standard InChI is InChI=1S/C10H12F3N2O/c1-7(14)6-15-8-2-4-9(5-3-8)16-10(11,12)13/h2-5,7,14-15H,6H2,1H3/q-1. The summed E-state index contributed by atoms with van der Waals surface area (Å²) in [5.74, 6) is -0.253. The third kappa shape index (κ3) is 4.88. The van der Waals surface area contributed by atoms with E-state index in [2.05, 4.69) is 10.1 Å². The molecule has 1 aromatic rings. The molecule has 0 aliphatic heterocycles. The van der Waals surface area contributed by atoms with Crippen molar-refractivity contribution >= 4 is 5.69 Å². The van der Waals surface area contributed by atoms with Crippen molar-refractivity contribution < 1.29 is 17.9 Å². The van der Waals surface area contributed by atoms with E-state index in [9.17, 15) is 13.2 Å². The molecule has 0 amide bonds. The molecule has 0 radical (unpaired) electrons. The van der Waals surface area contributed by atoms with Crippen LogP contribution in [0.3, 0.4) is 0 Å². The molecule has 2 N–H and O–H groups in total. The van der Waals surface area contributed by atoms with E-state index < -0.39 is 6.36 Å². The number of hydrogen-bond donors (Lipinski definition) is 1. The van der Waals surface area contributed by atoms with Crippen molar-refractivity contribution in [1.29, 1.82) is 0 Å². The predicted octanol–water partition coefficient (Wildman–Crippen LogP) is 3.44. The lowest BCUT2D eigenvalue weighted by Gasteiger charge is -2.15. The summed E-state index contributed by atoms with van der Waals surface area (Å²) in [7, 11) is 0. The first kappa shape index (κ1) is 12.6. The first-order valence-electron chi connectivity index (χ1n) is 4.67. The van der Waals surface area contributed by atoms with E-state index in [4.69, 9.17) is 5.73 Å². The predicted molar refractivity (Wildman–Crippen MR) is 55.4 cm³/mol. The summed E-state index contributed by atoms with van der Waals surface area (Å²) in [4.78, 5) is 0. The fourth-order valence-electron chi connectivity index (χ4n) is 1.05. The number of ether oxygens (including phenoxy) is 1. The van der Waals surface area contributed by atoms with Crippen molar-refractivity contribution in [3.63, 3.8) is 0 Å². The van der Waals surface area contributed by atoms with Crippen LogP contribution >= 0.6 is 0 Å². The summed E-state index contributed by atoms with van der Waals surface area (Å²) in [6.45, 7) is 2.16. The van der Waals surface area contributed by atoms with Crippen LogP contribution in [-0.2, 0) is 0 Å². The Morgan fingerprint density at radius 1 is 1.31 bits per heavy atom. The number of alkyl halides is 3. The third-order valence-electron chi connectivity index (χ3n) is 1.70. The summed E-state index contributed by atoms with van der Waals surface area (Å²) in [6, 6.07) is 5.13. The molecule has 6 heteroatoms. The molecule has 1 unspecified atom stereocenters. The Balaban J connectivity index is 2.54. The van der Waals surface area contributed by atoms with Gasteiger partial charge in [-0.15, -0.1) is 19.2 Å². The van der Waals surface area contributed by atoms with Gasteiger partial charge in [0, 0.05) is 5.69 Å². The van der Waals surface area contributed by atoms with Gasteiger partial charge in [-0.25, -0.2) is 0 Å². The van der Waals surface area contributed by atoms with Crippen LogP contribution in [0.5, 0.6) is 5.75 Å². The fraction of sp³-hybridized carbons (Fsp3) is 0.400. The minimum Gasteiger partial charge on any atom is -0.673 e. The third-order valence-corrected chi connectivity index (χ3v) is 1.70. The second-order valence-electron chi connectivity index (χ2n) is 3.35. The van der Waals surface area contributed by atoms with Gasteiger partial charge in [0.15, 0.2) is 0 Å². The molecule has 0 saturated heterocycles. The van der Waals surface area contributed by atoms with Crippen molar-refractivity contribution in [3.05, 3.63) is 30.0 Å². The molecular formula is C10H12F3N2O-. The monoisotopic (exact) mass is 233 g/mol. The van der Waals surface area contributed by atoms with Crippen LogP contribution < -0.4 is 10.1 Å². The van der Waals surface area contributed by atoms with E-state index in [1.54, 1.807) is 6.92 Å². The Bertz CT molecular complexity index is 322. The molecule has 1 aromatic carbocycles. The maximum Gasteiger partial charge on any atom is 0.573 e. The molecule has 0 aliphatic rings.